The summed E-state index contributed by atoms with van der Waals surface area (Å²) in [6, 6.07) is -0.644. The van der Waals surface area contributed by atoms with Crippen LogP contribution in [0.2, 0.25) is 0 Å². The minimum absolute atomic E-state index is 0.322. The average molecular weight is 246 g/mol. The highest BCUT2D eigenvalue weighted by atomic mass is 19.4. The smallest absolute Gasteiger partial charge is 0.314 e. The van der Waals surface area contributed by atoms with Gasteiger partial charge >= 0.3 is 12.1 Å². The van der Waals surface area contributed by atoms with Crippen molar-refractivity contribution in [3.05, 3.63) is 0 Å². The number of piperazine rings is 1. The third-order valence-electron chi connectivity index (χ3n) is 2.81. The molecule has 2 nitrogen and oxygen atoms in total. The highest BCUT2D eigenvalue weighted by Gasteiger charge is 2.58. The summed E-state index contributed by atoms with van der Waals surface area (Å²) in [6.45, 7) is 2.86. The summed E-state index contributed by atoms with van der Waals surface area (Å²) < 4.78 is 61.9. The van der Waals surface area contributed by atoms with Crippen LogP contribution in [0.3, 0.4) is 0 Å². The van der Waals surface area contributed by atoms with Gasteiger partial charge in [0.25, 0.3) is 0 Å². The van der Waals surface area contributed by atoms with Crippen LogP contribution in [-0.2, 0) is 0 Å². The Hall–Kier alpha value is -0.430. The molecule has 1 aliphatic heterocycles. The standard InChI is InChI=1S/C9H15F5N2/c1-6-3-15-4-7(2)16(6)5-8(10,11)9(12,13)14/h6-7,15H,3-5H2,1-2H3. The Morgan fingerprint density at radius 1 is 1.06 bits per heavy atom. The van der Waals surface area contributed by atoms with Crippen LogP contribution in [0.15, 0.2) is 0 Å². The van der Waals surface area contributed by atoms with Gasteiger partial charge in [-0.3, -0.25) is 4.90 Å². The molecule has 1 N–H and O–H groups in total. The Morgan fingerprint density at radius 2 is 1.50 bits per heavy atom. The topological polar surface area (TPSA) is 15.3 Å². The molecular weight excluding hydrogens is 231 g/mol. The molecule has 0 amide bonds. The molecule has 2 atom stereocenters. The first-order valence-electron chi connectivity index (χ1n) is 5.06. The van der Waals surface area contributed by atoms with Gasteiger partial charge in [0.1, 0.15) is 0 Å². The molecule has 0 saturated carbocycles. The van der Waals surface area contributed by atoms with E-state index in [1.165, 1.54) is 4.90 Å². The van der Waals surface area contributed by atoms with Crippen LogP contribution in [0, 0.1) is 0 Å². The maximum Gasteiger partial charge on any atom is 0.454 e. The van der Waals surface area contributed by atoms with E-state index in [-0.39, 0.29) is 12.1 Å². The Kier molecular flexibility index (Phi) is 3.79. The number of hydrogen-bond donors (Lipinski definition) is 1. The number of nitrogens with zero attached hydrogens (tertiary/aromatic N) is 1. The van der Waals surface area contributed by atoms with Gasteiger partial charge in [-0.25, -0.2) is 0 Å². The average Bonchev–Trinajstić information content (AvgIpc) is 2.10. The highest BCUT2D eigenvalue weighted by molar-refractivity contribution is 4.88. The van der Waals surface area contributed by atoms with Gasteiger partial charge in [0.15, 0.2) is 0 Å². The first-order chi connectivity index (χ1) is 7.15. The minimum Gasteiger partial charge on any atom is -0.314 e. The molecule has 2 unspecified atom stereocenters. The van der Waals surface area contributed by atoms with Gasteiger partial charge in [0.05, 0.1) is 6.54 Å². The molecule has 0 radical (unpaired) electrons. The highest BCUT2D eigenvalue weighted by Crippen LogP contribution is 2.36. The number of rotatable bonds is 2. The van der Waals surface area contributed by atoms with Crippen LogP contribution < -0.4 is 5.32 Å². The van der Waals surface area contributed by atoms with Gasteiger partial charge < -0.3 is 5.32 Å². The van der Waals surface area contributed by atoms with Gasteiger partial charge in [-0.15, -0.1) is 0 Å². The molecule has 1 saturated heterocycles. The Labute approximate surface area is 90.8 Å². The van der Waals surface area contributed by atoms with Gasteiger partial charge in [0.2, 0.25) is 0 Å². The van der Waals surface area contributed by atoms with Crippen molar-refractivity contribution in [3.8, 4) is 0 Å². The summed E-state index contributed by atoms with van der Waals surface area (Å²) in [5.41, 5.74) is 0. The van der Waals surface area contributed by atoms with Crippen molar-refractivity contribution >= 4 is 0 Å². The summed E-state index contributed by atoms with van der Waals surface area (Å²) >= 11 is 0. The fourth-order valence-corrected chi connectivity index (χ4v) is 1.80. The quantitative estimate of drug-likeness (QED) is 0.748. The summed E-state index contributed by atoms with van der Waals surface area (Å²) in [6.07, 6.45) is -5.47. The third-order valence-corrected chi connectivity index (χ3v) is 2.81. The molecule has 0 aromatic rings. The number of halogens is 5. The molecular formula is C9H15F5N2. The lowest BCUT2D eigenvalue weighted by Crippen LogP contribution is -2.60. The molecule has 0 aromatic heterocycles. The monoisotopic (exact) mass is 246 g/mol. The molecule has 1 fully saturated rings. The van der Waals surface area contributed by atoms with E-state index in [9.17, 15) is 22.0 Å². The lowest BCUT2D eigenvalue weighted by molar-refractivity contribution is -0.289. The minimum atomic E-state index is -5.47. The molecule has 16 heavy (non-hydrogen) atoms. The van der Waals surface area contributed by atoms with Gasteiger partial charge in [-0.05, 0) is 13.8 Å². The molecule has 96 valence electrons. The number of alkyl halides is 5. The Balaban J connectivity index is 2.71. The summed E-state index contributed by atoms with van der Waals surface area (Å²) in [4.78, 5) is 1.20. The van der Waals surface area contributed by atoms with Gasteiger partial charge in [-0.1, -0.05) is 0 Å². The first-order valence-corrected chi connectivity index (χ1v) is 5.06. The van der Waals surface area contributed by atoms with E-state index in [2.05, 4.69) is 5.32 Å². The largest absolute Gasteiger partial charge is 0.454 e. The van der Waals surface area contributed by atoms with E-state index in [0.717, 1.165) is 0 Å². The van der Waals surface area contributed by atoms with E-state index in [4.69, 9.17) is 0 Å². The van der Waals surface area contributed by atoms with E-state index in [1.54, 1.807) is 13.8 Å². The second kappa shape index (κ2) is 4.44. The van der Waals surface area contributed by atoms with E-state index in [0.29, 0.717) is 13.1 Å². The second-order valence-corrected chi connectivity index (χ2v) is 4.23. The van der Waals surface area contributed by atoms with Crippen LogP contribution in [0.4, 0.5) is 22.0 Å². The van der Waals surface area contributed by atoms with Crippen LogP contribution in [-0.4, -0.2) is 48.7 Å². The zero-order valence-electron chi connectivity index (χ0n) is 9.11. The first kappa shape index (κ1) is 13.6. The second-order valence-electron chi connectivity index (χ2n) is 4.23. The normalized spacial score (nSPS) is 29.4. The predicted molar refractivity (Wildman–Crippen MR) is 49.5 cm³/mol. The number of hydrogen-bond acceptors (Lipinski definition) is 2. The van der Waals surface area contributed by atoms with Crippen molar-refractivity contribution in [1.29, 1.82) is 0 Å². The van der Waals surface area contributed by atoms with Crippen molar-refractivity contribution in [1.82, 2.24) is 10.2 Å². The van der Waals surface area contributed by atoms with E-state index < -0.39 is 18.6 Å². The van der Waals surface area contributed by atoms with Gasteiger partial charge in [-0.2, -0.15) is 22.0 Å². The third kappa shape index (κ3) is 2.82. The molecule has 0 spiro atoms. The summed E-state index contributed by atoms with van der Waals surface area (Å²) in [5.74, 6) is -4.65. The zero-order chi connectivity index (χ0) is 12.6. The number of nitrogens with one attached hydrogen (secondary N) is 1. The van der Waals surface area contributed by atoms with Crippen LogP contribution >= 0.6 is 0 Å². The Bertz CT molecular complexity index is 231. The van der Waals surface area contributed by atoms with Crippen molar-refractivity contribution in [2.45, 2.75) is 38.0 Å². The van der Waals surface area contributed by atoms with Crippen LogP contribution in [0.1, 0.15) is 13.8 Å². The molecule has 1 rings (SSSR count). The van der Waals surface area contributed by atoms with E-state index in [1.807, 2.05) is 0 Å². The molecule has 0 aliphatic carbocycles. The Morgan fingerprint density at radius 3 is 1.88 bits per heavy atom. The lowest BCUT2D eigenvalue weighted by atomic mass is 10.1. The summed E-state index contributed by atoms with van der Waals surface area (Å²) in [5, 5.41) is 2.97. The predicted octanol–water partition coefficient (Wildman–Crippen LogP) is 1.87. The maximum atomic E-state index is 12.9. The summed E-state index contributed by atoms with van der Waals surface area (Å²) in [7, 11) is 0. The van der Waals surface area contributed by atoms with Crippen molar-refractivity contribution in [3.63, 3.8) is 0 Å². The zero-order valence-corrected chi connectivity index (χ0v) is 9.11. The fourth-order valence-electron chi connectivity index (χ4n) is 1.80. The van der Waals surface area contributed by atoms with Crippen molar-refractivity contribution < 1.29 is 22.0 Å². The maximum absolute atomic E-state index is 12.9. The molecule has 1 aliphatic rings. The molecule has 0 aromatic carbocycles. The van der Waals surface area contributed by atoms with Gasteiger partial charge in [0, 0.05) is 25.2 Å². The van der Waals surface area contributed by atoms with Crippen LogP contribution in [0.25, 0.3) is 0 Å². The van der Waals surface area contributed by atoms with E-state index >= 15 is 0 Å². The SMILES string of the molecule is CC1CNCC(C)N1CC(F)(F)C(F)(F)F. The fraction of sp³-hybridized carbons (Fsp3) is 1.00. The van der Waals surface area contributed by atoms with Crippen molar-refractivity contribution in [2.75, 3.05) is 19.6 Å². The molecule has 7 heteroatoms. The lowest BCUT2D eigenvalue weighted by Gasteiger charge is -2.41. The molecule has 0 bridgehead atoms. The molecule has 1 heterocycles. The van der Waals surface area contributed by atoms with Crippen molar-refractivity contribution in [2.24, 2.45) is 0 Å². The van der Waals surface area contributed by atoms with Crippen LogP contribution in [0.5, 0.6) is 0 Å².